The monoisotopic (exact) mass is 283 g/mol. The van der Waals surface area contributed by atoms with Crippen LogP contribution in [0.25, 0.3) is 0 Å². The van der Waals surface area contributed by atoms with Crippen molar-refractivity contribution in [2.75, 3.05) is 20.8 Å². The predicted molar refractivity (Wildman–Crippen MR) is 79.8 cm³/mol. The van der Waals surface area contributed by atoms with Crippen molar-refractivity contribution >= 4 is 0 Å². The second-order valence-electron chi connectivity index (χ2n) is 4.46. The molecule has 0 amide bonds. The van der Waals surface area contributed by atoms with Gasteiger partial charge < -0.3 is 14.2 Å². The highest BCUT2D eigenvalue weighted by molar-refractivity contribution is 5.49. The Labute approximate surface area is 124 Å². The van der Waals surface area contributed by atoms with E-state index in [4.69, 9.17) is 19.5 Å². The van der Waals surface area contributed by atoms with E-state index in [2.05, 4.69) is 6.07 Å². The number of ether oxygens (including phenoxy) is 3. The minimum atomic E-state index is 0.472. The predicted octanol–water partition coefficient (Wildman–Crippen LogP) is 3.55. The summed E-state index contributed by atoms with van der Waals surface area (Å²) in [6, 6.07) is 15.0. The van der Waals surface area contributed by atoms with Crippen molar-refractivity contribution in [3.8, 4) is 23.3 Å². The van der Waals surface area contributed by atoms with E-state index in [1.165, 1.54) is 5.56 Å². The molecule has 108 valence electrons. The molecule has 2 aromatic rings. The highest BCUT2D eigenvalue weighted by Gasteiger charge is 2.07. The zero-order valence-corrected chi connectivity index (χ0v) is 12.1. The minimum absolute atomic E-state index is 0.472. The van der Waals surface area contributed by atoms with Crippen molar-refractivity contribution in [1.29, 1.82) is 5.26 Å². The number of nitriles is 1. The van der Waals surface area contributed by atoms with Crippen LogP contribution in [0.1, 0.15) is 11.1 Å². The molecule has 0 saturated heterocycles. The number of nitrogens with zero attached hydrogens (tertiary/aromatic N) is 1. The van der Waals surface area contributed by atoms with E-state index >= 15 is 0 Å². The summed E-state index contributed by atoms with van der Waals surface area (Å²) in [6.07, 6.45) is 0.861. The van der Waals surface area contributed by atoms with Crippen LogP contribution in [0.2, 0.25) is 0 Å². The average Bonchev–Trinajstić information content (AvgIpc) is 2.54. The Hall–Kier alpha value is -2.51. The Kier molecular flexibility index (Phi) is 5.19. The normalized spacial score (nSPS) is 9.95. The van der Waals surface area contributed by atoms with Crippen LogP contribution in [0.4, 0.5) is 0 Å². The maximum atomic E-state index is 9.12. The fraction of sp³-hybridized carbons (Fsp3) is 0.235. The molecule has 21 heavy (non-hydrogen) atoms. The smallest absolute Gasteiger partial charge is 0.148 e. The molecule has 0 aromatic heterocycles. The lowest BCUT2D eigenvalue weighted by Gasteiger charge is -2.09. The molecule has 0 radical (unpaired) electrons. The molecule has 0 unspecified atom stereocenters. The summed E-state index contributed by atoms with van der Waals surface area (Å²) in [5.74, 6) is 1.82. The molecule has 0 saturated carbocycles. The van der Waals surface area contributed by atoms with Gasteiger partial charge in [0.15, 0.2) is 0 Å². The molecule has 0 heterocycles. The maximum absolute atomic E-state index is 9.12. The molecule has 0 aliphatic carbocycles. The van der Waals surface area contributed by atoms with E-state index in [1.54, 1.807) is 32.4 Å². The second kappa shape index (κ2) is 7.32. The number of methoxy groups -OCH3 is 2. The van der Waals surface area contributed by atoms with E-state index in [-0.39, 0.29) is 0 Å². The average molecular weight is 283 g/mol. The largest absolute Gasteiger partial charge is 0.497 e. The van der Waals surface area contributed by atoms with Gasteiger partial charge in [0.25, 0.3) is 0 Å². The third-order valence-electron chi connectivity index (χ3n) is 3.06. The number of rotatable bonds is 6. The van der Waals surface area contributed by atoms with Crippen molar-refractivity contribution in [3.63, 3.8) is 0 Å². The summed E-state index contributed by atoms with van der Waals surface area (Å²) >= 11 is 0. The van der Waals surface area contributed by atoms with E-state index in [1.807, 2.05) is 24.3 Å². The summed E-state index contributed by atoms with van der Waals surface area (Å²) in [6.45, 7) is 0.689. The van der Waals surface area contributed by atoms with Gasteiger partial charge in [-0.15, -0.1) is 0 Å². The first-order valence-electron chi connectivity index (χ1n) is 6.60. The van der Waals surface area contributed by atoms with Crippen LogP contribution in [0.5, 0.6) is 17.2 Å². The quantitative estimate of drug-likeness (QED) is 0.813. The fourth-order valence-electron chi connectivity index (χ4n) is 1.88. The number of hydrogen-bond acceptors (Lipinski definition) is 4. The van der Waals surface area contributed by atoms with Crippen molar-refractivity contribution in [2.24, 2.45) is 0 Å². The van der Waals surface area contributed by atoms with Crippen molar-refractivity contribution in [2.45, 2.75) is 6.42 Å². The first kappa shape index (κ1) is 14.9. The van der Waals surface area contributed by atoms with Gasteiger partial charge in [-0.1, -0.05) is 12.1 Å². The summed E-state index contributed by atoms with van der Waals surface area (Å²) in [5, 5.41) is 9.12. The third-order valence-corrected chi connectivity index (χ3v) is 3.06. The summed E-state index contributed by atoms with van der Waals surface area (Å²) < 4.78 is 16.0. The van der Waals surface area contributed by atoms with Crippen LogP contribution in [0.3, 0.4) is 0 Å². The van der Waals surface area contributed by atoms with E-state index < -0.39 is 0 Å². The molecule has 0 fully saturated rings. The molecular weight excluding hydrogens is 266 g/mol. The Balaban J connectivity index is 2.16. The van der Waals surface area contributed by atoms with Crippen LogP contribution in [-0.2, 0) is 11.2 Å². The molecule has 2 aromatic carbocycles. The summed E-state index contributed by atoms with van der Waals surface area (Å²) in [5.41, 5.74) is 1.65. The Morgan fingerprint density at radius 1 is 1.00 bits per heavy atom. The molecule has 0 atom stereocenters. The summed E-state index contributed by atoms with van der Waals surface area (Å²) in [4.78, 5) is 0. The van der Waals surface area contributed by atoms with Gasteiger partial charge in [0.1, 0.15) is 23.3 Å². The molecule has 0 bridgehead atoms. The van der Waals surface area contributed by atoms with Crippen LogP contribution in [0.15, 0.2) is 42.5 Å². The first-order chi connectivity index (χ1) is 10.3. The second-order valence-corrected chi connectivity index (χ2v) is 4.46. The lowest BCUT2D eigenvalue weighted by molar-refractivity contribution is 0.202. The van der Waals surface area contributed by atoms with Gasteiger partial charge in [0.05, 0.1) is 19.3 Å². The first-order valence-corrected chi connectivity index (χ1v) is 6.60. The molecule has 4 nitrogen and oxygen atoms in total. The topological polar surface area (TPSA) is 51.5 Å². The molecule has 0 N–H and O–H groups in total. The molecule has 4 heteroatoms. The van der Waals surface area contributed by atoms with Gasteiger partial charge in [-0.05, 0) is 36.2 Å². The highest BCUT2D eigenvalue weighted by atomic mass is 16.5. The SMILES string of the molecule is COCCc1ccc(Oc2cc(OC)ccc2C#N)cc1. The van der Waals surface area contributed by atoms with Crippen LogP contribution in [-0.4, -0.2) is 20.8 Å². The van der Waals surface area contributed by atoms with Gasteiger partial charge >= 0.3 is 0 Å². The standard InChI is InChI=1S/C17H17NO3/c1-19-10-9-13-3-6-15(7-4-13)21-17-11-16(20-2)8-5-14(17)12-18/h3-8,11H,9-10H2,1-2H3. The minimum Gasteiger partial charge on any atom is -0.497 e. The molecule has 0 spiro atoms. The fourth-order valence-corrected chi connectivity index (χ4v) is 1.88. The van der Waals surface area contributed by atoms with Crippen LogP contribution >= 0.6 is 0 Å². The van der Waals surface area contributed by atoms with Crippen molar-refractivity contribution in [3.05, 3.63) is 53.6 Å². The van der Waals surface area contributed by atoms with Crippen molar-refractivity contribution < 1.29 is 14.2 Å². The van der Waals surface area contributed by atoms with Crippen LogP contribution in [0, 0.1) is 11.3 Å². The zero-order chi connectivity index (χ0) is 15.1. The van der Waals surface area contributed by atoms with Crippen LogP contribution < -0.4 is 9.47 Å². The lowest BCUT2D eigenvalue weighted by Crippen LogP contribution is -1.94. The lowest BCUT2D eigenvalue weighted by atomic mass is 10.1. The zero-order valence-electron chi connectivity index (χ0n) is 12.1. The molecule has 2 rings (SSSR count). The molecule has 0 aliphatic rings. The Morgan fingerprint density at radius 2 is 1.71 bits per heavy atom. The van der Waals surface area contributed by atoms with E-state index in [0.717, 1.165) is 6.42 Å². The molecule has 0 aliphatic heterocycles. The van der Waals surface area contributed by atoms with Gasteiger partial charge in [0.2, 0.25) is 0 Å². The number of benzene rings is 2. The van der Waals surface area contributed by atoms with Crippen molar-refractivity contribution in [1.82, 2.24) is 0 Å². The van der Waals surface area contributed by atoms with Gasteiger partial charge in [-0.3, -0.25) is 0 Å². The summed E-state index contributed by atoms with van der Waals surface area (Å²) in [7, 11) is 3.26. The highest BCUT2D eigenvalue weighted by Crippen LogP contribution is 2.29. The van der Waals surface area contributed by atoms with Gasteiger partial charge in [-0.25, -0.2) is 0 Å². The Morgan fingerprint density at radius 3 is 2.33 bits per heavy atom. The van der Waals surface area contributed by atoms with Gasteiger partial charge in [0, 0.05) is 13.2 Å². The number of hydrogen-bond donors (Lipinski definition) is 0. The Bertz CT molecular complexity index is 629. The van der Waals surface area contributed by atoms with E-state index in [9.17, 15) is 0 Å². The van der Waals surface area contributed by atoms with E-state index in [0.29, 0.717) is 29.4 Å². The third kappa shape index (κ3) is 3.98. The molecular formula is C17H17NO3. The van der Waals surface area contributed by atoms with Gasteiger partial charge in [-0.2, -0.15) is 5.26 Å². The maximum Gasteiger partial charge on any atom is 0.148 e.